The maximum absolute atomic E-state index is 13.0. The maximum atomic E-state index is 13.0. The summed E-state index contributed by atoms with van der Waals surface area (Å²) >= 11 is 0. The van der Waals surface area contributed by atoms with Crippen LogP contribution in [0.5, 0.6) is 0 Å². The van der Waals surface area contributed by atoms with Crippen LogP contribution in [0.3, 0.4) is 0 Å². The predicted octanol–water partition coefficient (Wildman–Crippen LogP) is 4.33. The van der Waals surface area contributed by atoms with Crippen LogP contribution in [0.1, 0.15) is 29.9 Å². The van der Waals surface area contributed by atoms with Crippen molar-refractivity contribution >= 4 is 23.2 Å². The number of carbonyl (C=O) groups excluding carboxylic acids is 1. The Bertz CT molecular complexity index is 940. The first-order valence-corrected chi connectivity index (χ1v) is 9.56. The predicted molar refractivity (Wildman–Crippen MR) is 114 cm³/mol. The fourth-order valence-corrected chi connectivity index (χ4v) is 2.89. The Balaban J connectivity index is 1.62. The average Bonchev–Trinajstić information content (AvgIpc) is 2.75. The van der Waals surface area contributed by atoms with Crippen molar-refractivity contribution in [3.63, 3.8) is 0 Å². The molecule has 1 heterocycles. The highest BCUT2D eigenvalue weighted by atomic mass is 19.1. The molecule has 1 amide bonds. The van der Waals surface area contributed by atoms with Crippen LogP contribution in [-0.4, -0.2) is 29.0 Å². The molecular formula is C22H24FN5O. The molecule has 2 N–H and O–H groups in total. The van der Waals surface area contributed by atoms with Gasteiger partial charge in [0.25, 0.3) is 5.91 Å². The van der Waals surface area contributed by atoms with Crippen LogP contribution in [0.25, 0.3) is 0 Å². The van der Waals surface area contributed by atoms with Gasteiger partial charge in [-0.3, -0.25) is 4.79 Å². The molecule has 0 atom stereocenters. The van der Waals surface area contributed by atoms with Crippen LogP contribution >= 0.6 is 0 Å². The summed E-state index contributed by atoms with van der Waals surface area (Å²) in [6.45, 7) is 6.50. The highest BCUT2D eigenvalue weighted by Gasteiger charge is 2.10. The summed E-state index contributed by atoms with van der Waals surface area (Å²) in [5, 5.41) is 5.89. The lowest BCUT2D eigenvalue weighted by Crippen LogP contribution is -2.21. The second-order valence-electron chi connectivity index (χ2n) is 6.42. The molecule has 3 rings (SSSR count). The molecule has 7 heteroatoms. The zero-order valence-corrected chi connectivity index (χ0v) is 16.5. The monoisotopic (exact) mass is 393 g/mol. The van der Waals surface area contributed by atoms with E-state index in [1.807, 2.05) is 24.3 Å². The second kappa shape index (κ2) is 9.64. The van der Waals surface area contributed by atoms with Crippen LogP contribution in [0.2, 0.25) is 0 Å². The quantitative estimate of drug-likeness (QED) is 0.596. The van der Waals surface area contributed by atoms with Gasteiger partial charge >= 0.3 is 0 Å². The van der Waals surface area contributed by atoms with E-state index in [9.17, 15) is 9.18 Å². The van der Waals surface area contributed by atoms with Crippen LogP contribution in [-0.2, 0) is 6.54 Å². The van der Waals surface area contributed by atoms with E-state index >= 15 is 0 Å². The van der Waals surface area contributed by atoms with E-state index in [1.54, 1.807) is 18.2 Å². The number of rotatable bonds is 8. The Morgan fingerprint density at radius 3 is 2.34 bits per heavy atom. The third kappa shape index (κ3) is 5.51. The number of nitrogens with one attached hydrogen (secondary N) is 2. The van der Waals surface area contributed by atoms with Crippen LogP contribution in [0.15, 0.2) is 60.8 Å². The first-order chi connectivity index (χ1) is 14.1. The van der Waals surface area contributed by atoms with Gasteiger partial charge in [-0.25, -0.2) is 14.4 Å². The van der Waals surface area contributed by atoms with Gasteiger partial charge in [-0.1, -0.05) is 12.1 Å². The first kappa shape index (κ1) is 20.3. The van der Waals surface area contributed by atoms with Crippen molar-refractivity contribution in [3.05, 3.63) is 77.9 Å². The van der Waals surface area contributed by atoms with Gasteiger partial charge in [0.05, 0.1) is 0 Å². The van der Waals surface area contributed by atoms with E-state index in [0.29, 0.717) is 18.2 Å². The third-order valence-corrected chi connectivity index (χ3v) is 4.51. The normalized spacial score (nSPS) is 10.4. The molecule has 0 aliphatic rings. The molecule has 0 saturated carbocycles. The summed E-state index contributed by atoms with van der Waals surface area (Å²) < 4.78 is 13.0. The number of halogens is 1. The van der Waals surface area contributed by atoms with Crippen molar-refractivity contribution in [1.29, 1.82) is 0 Å². The van der Waals surface area contributed by atoms with Gasteiger partial charge in [0, 0.05) is 37.2 Å². The van der Waals surface area contributed by atoms with Gasteiger partial charge < -0.3 is 15.5 Å². The average molecular weight is 393 g/mol. The zero-order valence-electron chi connectivity index (χ0n) is 16.5. The molecule has 0 bridgehead atoms. The Morgan fingerprint density at radius 2 is 1.69 bits per heavy atom. The molecule has 150 valence electrons. The Hall–Kier alpha value is -3.48. The van der Waals surface area contributed by atoms with Gasteiger partial charge in [0.2, 0.25) is 5.95 Å². The Kier molecular flexibility index (Phi) is 6.73. The summed E-state index contributed by atoms with van der Waals surface area (Å²) in [5.41, 5.74) is 2.96. The fourth-order valence-electron chi connectivity index (χ4n) is 2.89. The Morgan fingerprint density at radius 1 is 1.00 bits per heavy atom. The van der Waals surface area contributed by atoms with Crippen molar-refractivity contribution in [2.24, 2.45) is 0 Å². The second-order valence-corrected chi connectivity index (χ2v) is 6.42. The lowest BCUT2D eigenvalue weighted by molar-refractivity contribution is 0.102. The third-order valence-electron chi connectivity index (χ3n) is 4.51. The van der Waals surface area contributed by atoms with Crippen molar-refractivity contribution in [2.75, 3.05) is 28.6 Å². The number of nitrogens with zero attached hydrogens (tertiary/aromatic N) is 3. The van der Waals surface area contributed by atoms with Crippen molar-refractivity contribution in [3.8, 4) is 0 Å². The molecule has 1 aromatic heterocycles. The SMILES string of the molecule is CCN(CC)c1ccc(NC(=O)c2ccnc(NCc3ccc(F)cc3)n2)cc1. The molecule has 2 aromatic carbocycles. The molecule has 29 heavy (non-hydrogen) atoms. The number of aromatic nitrogens is 2. The largest absolute Gasteiger partial charge is 0.372 e. The highest BCUT2D eigenvalue weighted by Crippen LogP contribution is 2.18. The summed E-state index contributed by atoms with van der Waals surface area (Å²) in [5.74, 6) is -0.263. The standard InChI is InChI=1S/C22H24FN5O/c1-3-28(4-2)19-11-9-18(10-12-19)26-21(29)20-13-14-24-22(27-20)25-15-16-5-7-17(23)8-6-16/h5-14H,3-4,15H2,1-2H3,(H,26,29)(H,24,25,27). The molecular weight excluding hydrogens is 369 g/mol. The molecule has 0 fully saturated rings. The smallest absolute Gasteiger partial charge is 0.274 e. The summed E-state index contributed by atoms with van der Waals surface area (Å²) in [4.78, 5) is 23.1. The van der Waals surface area contributed by atoms with E-state index in [-0.39, 0.29) is 17.4 Å². The van der Waals surface area contributed by atoms with Crippen molar-refractivity contribution in [1.82, 2.24) is 9.97 Å². The van der Waals surface area contributed by atoms with E-state index < -0.39 is 0 Å². The summed E-state index contributed by atoms with van der Waals surface area (Å²) in [6.07, 6.45) is 1.53. The molecule has 3 aromatic rings. The van der Waals surface area contributed by atoms with Crippen LogP contribution in [0, 0.1) is 5.82 Å². The molecule has 6 nitrogen and oxygen atoms in total. The lowest BCUT2D eigenvalue weighted by Gasteiger charge is -2.21. The minimum atomic E-state index is -0.312. The van der Waals surface area contributed by atoms with E-state index in [0.717, 1.165) is 24.3 Å². The van der Waals surface area contributed by atoms with E-state index in [1.165, 1.54) is 18.3 Å². The molecule has 0 unspecified atom stereocenters. The number of amides is 1. The van der Waals surface area contributed by atoms with Crippen LogP contribution in [0.4, 0.5) is 21.7 Å². The van der Waals surface area contributed by atoms with Gasteiger partial charge in [0.15, 0.2) is 0 Å². The first-order valence-electron chi connectivity index (χ1n) is 9.56. The fraction of sp³-hybridized carbons (Fsp3) is 0.227. The number of carbonyl (C=O) groups is 1. The molecule has 0 aliphatic carbocycles. The van der Waals surface area contributed by atoms with Gasteiger partial charge in [-0.2, -0.15) is 0 Å². The molecule has 0 aliphatic heterocycles. The van der Waals surface area contributed by atoms with Gasteiger partial charge in [-0.05, 0) is 61.9 Å². The van der Waals surface area contributed by atoms with E-state index in [4.69, 9.17) is 0 Å². The number of anilines is 3. The van der Waals surface area contributed by atoms with Crippen LogP contribution < -0.4 is 15.5 Å². The van der Waals surface area contributed by atoms with Crippen molar-refractivity contribution in [2.45, 2.75) is 20.4 Å². The minimum Gasteiger partial charge on any atom is -0.372 e. The number of benzene rings is 2. The maximum Gasteiger partial charge on any atom is 0.274 e. The molecule has 0 spiro atoms. The number of hydrogen-bond donors (Lipinski definition) is 2. The Labute approximate surface area is 169 Å². The summed E-state index contributed by atoms with van der Waals surface area (Å²) in [6, 6.07) is 15.4. The molecule has 0 saturated heterocycles. The van der Waals surface area contributed by atoms with E-state index in [2.05, 4.69) is 39.3 Å². The minimum absolute atomic E-state index is 0.259. The highest BCUT2D eigenvalue weighted by molar-refractivity contribution is 6.03. The lowest BCUT2D eigenvalue weighted by atomic mass is 10.2. The topological polar surface area (TPSA) is 70.2 Å². The zero-order chi connectivity index (χ0) is 20.6. The summed E-state index contributed by atoms with van der Waals surface area (Å²) in [7, 11) is 0. The number of hydrogen-bond acceptors (Lipinski definition) is 5. The van der Waals surface area contributed by atoms with Gasteiger partial charge in [0.1, 0.15) is 11.5 Å². The van der Waals surface area contributed by atoms with Gasteiger partial charge in [-0.15, -0.1) is 0 Å². The molecule has 0 radical (unpaired) electrons. The van der Waals surface area contributed by atoms with Crippen molar-refractivity contribution < 1.29 is 9.18 Å².